The van der Waals surface area contributed by atoms with Crippen molar-refractivity contribution >= 4 is 0 Å². The van der Waals surface area contributed by atoms with Gasteiger partial charge in [0.15, 0.2) is 0 Å². The van der Waals surface area contributed by atoms with E-state index < -0.39 is 5.60 Å². The van der Waals surface area contributed by atoms with E-state index in [1.54, 1.807) is 0 Å². The van der Waals surface area contributed by atoms with E-state index in [9.17, 15) is 5.11 Å². The third kappa shape index (κ3) is 3.11. The Kier molecular flexibility index (Phi) is 4.67. The number of hydrogen-bond donors (Lipinski definition) is 2. The second kappa shape index (κ2) is 6.15. The number of aliphatic hydroxyl groups is 1. The molecule has 0 radical (unpaired) electrons. The van der Waals surface area contributed by atoms with E-state index in [1.165, 1.54) is 0 Å². The number of ether oxygens (including phenoxy) is 1. The van der Waals surface area contributed by atoms with E-state index in [1.807, 2.05) is 31.2 Å². The van der Waals surface area contributed by atoms with Gasteiger partial charge in [0.25, 0.3) is 0 Å². The Morgan fingerprint density at radius 3 is 2.57 bits per heavy atom. The lowest BCUT2D eigenvalue weighted by Gasteiger charge is -2.58. The molecule has 114 valence electrons. The fourth-order valence-corrected chi connectivity index (χ4v) is 2.87. The predicted molar refractivity (Wildman–Crippen MR) is 81.6 cm³/mol. The monoisotopic (exact) mass is 288 g/mol. The maximum atomic E-state index is 10.7. The maximum absolute atomic E-state index is 10.7. The van der Waals surface area contributed by atoms with Gasteiger partial charge in [-0.15, -0.1) is 0 Å². The minimum absolute atomic E-state index is 0.129. The lowest BCUT2D eigenvalue weighted by atomic mass is 9.56. The van der Waals surface area contributed by atoms with Gasteiger partial charge in [-0.2, -0.15) is 5.26 Å². The molecule has 2 rings (SSSR count). The van der Waals surface area contributed by atoms with Crippen LogP contribution in [0.25, 0.3) is 0 Å². The first kappa shape index (κ1) is 16.0. The van der Waals surface area contributed by atoms with Crippen LogP contribution < -0.4 is 5.32 Å². The molecular formula is C17H24N2O2. The van der Waals surface area contributed by atoms with E-state index in [-0.39, 0.29) is 11.5 Å². The van der Waals surface area contributed by atoms with E-state index in [2.05, 4.69) is 25.2 Å². The van der Waals surface area contributed by atoms with E-state index in [0.717, 1.165) is 5.56 Å². The van der Waals surface area contributed by atoms with Gasteiger partial charge in [0.05, 0.1) is 23.3 Å². The number of hydrogen-bond acceptors (Lipinski definition) is 4. The van der Waals surface area contributed by atoms with Gasteiger partial charge < -0.3 is 15.2 Å². The van der Waals surface area contributed by atoms with Crippen molar-refractivity contribution in [2.75, 3.05) is 13.2 Å². The molecule has 1 aromatic carbocycles. The number of nitriles is 1. The zero-order valence-corrected chi connectivity index (χ0v) is 13.0. The molecule has 1 fully saturated rings. The van der Waals surface area contributed by atoms with Crippen molar-refractivity contribution in [3.8, 4) is 6.07 Å². The van der Waals surface area contributed by atoms with Crippen LogP contribution in [0.15, 0.2) is 24.3 Å². The maximum Gasteiger partial charge on any atom is 0.0991 e. The van der Waals surface area contributed by atoms with Crippen molar-refractivity contribution in [1.29, 1.82) is 5.26 Å². The first-order valence-corrected chi connectivity index (χ1v) is 7.46. The Balaban J connectivity index is 1.84. The second-order valence-electron chi connectivity index (χ2n) is 6.31. The molecule has 1 aromatic rings. The molecule has 0 aromatic heterocycles. The standard InChI is InChI=1S/C17H24N2O2/c1-4-21-15-9-17(20,16(15,2)3)12-19-11-14-7-5-13(10-18)6-8-14/h5-8,15,19-20H,4,9,11-12H2,1-3H3. The summed E-state index contributed by atoms with van der Waals surface area (Å²) in [4.78, 5) is 0. The molecule has 4 heteroatoms. The molecule has 0 aliphatic heterocycles. The SMILES string of the molecule is CCOC1CC(O)(CNCc2ccc(C#N)cc2)C1(C)C. The fourth-order valence-electron chi connectivity index (χ4n) is 2.87. The first-order chi connectivity index (χ1) is 9.93. The van der Waals surface area contributed by atoms with Gasteiger partial charge in [-0.1, -0.05) is 26.0 Å². The zero-order chi connectivity index (χ0) is 15.5. The summed E-state index contributed by atoms with van der Waals surface area (Å²) in [5.41, 5.74) is 0.813. The van der Waals surface area contributed by atoms with Gasteiger partial charge in [0.2, 0.25) is 0 Å². The average Bonchev–Trinajstić information content (AvgIpc) is 2.48. The third-order valence-corrected chi connectivity index (χ3v) is 4.72. The Morgan fingerprint density at radius 2 is 2.05 bits per heavy atom. The number of rotatable bonds is 6. The Bertz CT molecular complexity index is 519. The summed E-state index contributed by atoms with van der Waals surface area (Å²) in [5, 5.41) is 22.8. The molecule has 1 aliphatic rings. The van der Waals surface area contributed by atoms with Gasteiger partial charge in [0.1, 0.15) is 0 Å². The molecule has 2 unspecified atom stereocenters. The first-order valence-electron chi connectivity index (χ1n) is 7.46. The van der Waals surface area contributed by atoms with E-state index >= 15 is 0 Å². The van der Waals surface area contributed by atoms with Crippen molar-refractivity contribution in [3.63, 3.8) is 0 Å². The van der Waals surface area contributed by atoms with Gasteiger partial charge in [-0.3, -0.25) is 0 Å². The van der Waals surface area contributed by atoms with Gasteiger partial charge in [0, 0.05) is 31.5 Å². The van der Waals surface area contributed by atoms with Crippen LogP contribution in [-0.2, 0) is 11.3 Å². The second-order valence-corrected chi connectivity index (χ2v) is 6.31. The van der Waals surface area contributed by atoms with Crippen molar-refractivity contribution < 1.29 is 9.84 Å². The van der Waals surface area contributed by atoms with Crippen LogP contribution in [0.5, 0.6) is 0 Å². The van der Waals surface area contributed by atoms with E-state index in [0.29, 0.717) is 31.7 Å². The number of nitrogens with one attached hydrogen (secondary N) is 1. The molecular weight excluding hydrogens is 264 g/mol. The molecule has 2 atom stereocenters. The molecule has 21 heavy (non-hydrogen) atoms. The highest BCUT2D eigenvalue weighted by Crippen LogP contribution is 2.50. The van der Waals surface area contributed by atoms with Crippen LogP contribution in [-0.4, -0.2) is 30.0 Å². The third-order valence-electron chi connectivity index (χ3n) is 4.72. The summed E-state index contributed by atoms with van der Waals surface area (Å²) in [6, 6.07) is 9.60. The Morgan fingerprint density at radius 1 is 1.38 bits per heavy atom. The molecule has 0 amide bonds. The molecule has 0 bridgehead atoms. The Labute approximate surface area is 126 Å². The smallest absolute Gasteiger partial charge is 0.0991 e. The summed E-state index contributed by atoms with van der Waals surface area (Å²) in [6.45, 7) is 8.01. The van der Waals surface area contributed by atoms with Crippen molar-refractivity contribution in [2.24, 2.45) is 5.41 Å². The summed E-state index contributed by atoms with van der Waals surface area (Å²) in [7, 11) is 0. The largest absolute Gasteiger partial charge is 0.388 e. The van der Waals surface area contributed by atoms with Crippen molar-refractivity contribution in [2.45, 2.75) is 45.4 Å². The predicted octanol–water partition coefficient (Wildman–Crippen LogP) is 2.21. The summed E-state index contributed by atoms with van der Waals surface area (Å²) >= 11 is 0. The van der Waals surface area contributed by atoms with Crippen LogP contribution in [0, 0.1) is 16.7 Å². The minimum Gasteiger partial charge on any atom is -0.388 e. The highest BCUT2D eigenvalue weighted by atomic mass is 16.5. The minimum atomic E-state index is -0.723. The van der Waals surface area contributed by atoms with Gasteiger partial charge in [-0.25, -0.2) is 0 Å². The average molecular weight is 288 g/mol. The number of nitrogens with zero attached hydrogens (tertiary/aromatic N) is 1. The summed E-state index contributed by atoms with van der Waals surface area (Å²) in [5.74, 6) is 0. The normalized spacial score (nSPS) is 26.9. The molecule has 1 aliphatic carbocycles. The van der Waals surface area contributed by atoms with Crippen molar-refractivity contribution in [1.82, 2.24) is 5.32 Å². The van der Waals surface area contributed by atoms with Crippen LogP contribution >= 0.6 is 0 Å². The molecule has 0 saturated heterocycles. The highest BCUT2D eigenvalue weighted by Gasteiger charge is 2.59. The van der Waals surface area contributed by atoms with Crippen LogP contribution in [0.1, 0.15) is 38.3 Å². The number of benzene rings is 1. The van der Waals surface area contributed by atoms with Gasteiger partial charge >= 0.3 is 0 Å². The highest BCUT2D eigenvalue weighted by molar-refractivity contribution is 5.31. The zero-order valence-electron chi connectivity index (χ0n) is 13.0. The summed E-state index contributed by atoms with van der Waals surface area (Å²) in [6.07, 6.45) is 0.804. The van der Waals surface area contributed by atoms with Crippen LogP contribution in [0.4, 0.5) is 0 Å². The van der Waals surface area contributed by atoms with Crippen LogP contribution in [0.2, 0.25) is 0 Å². The molecule has 0 heterocycles. The fraction of sp³-hybridized carbons (Fsp3) is 0.588. The topological polar surface area (TPSA) is 65.3 Å². The molecule has 2 N–H and O–H groups in total. The van der Waals surface area contributed by atoms with Crippen LogP contribution in [0.3, 0.4) is 0 Å². The Hall–Kier alpha value is -1.41. The van der Waals surface area contributed by atoms with Gasteiger partial charge in [-0.05, 0) is 24.6 Å². The molecule has 4 nitrogen and oxygen atoms in total. The molecule has 0 spiro atoms. The quantitative estimate of drug-likeness (QED) is 0.842. The van der Waals surface area contributed by atoms with E-state index in [4.69, 9.17) is 10.00 Å². The lowest BCUT2D eigenvalue weighted by molar-refractivity contribution is -0.238. The lowest BCUT2D eigenvalue weighted by Crippen LogP contribution is -2.68. The summed E-state index contributed by atoms with van der Waals surface area (Å²) < 4.78 is 5.66. The molecule has 1 saturated carbocycles. The van der Waals surface area contributed by atoms with Crippen molar-refractivity contribution in [3.05, 3.63) is 35.4 Å².